The van der Waals surface area contributed by atoms with Gasteiger partial charge in [0.15, 0.2) is 6.10 Å². The Bertz CT molecular complexity index is 1070. The number of hydrogen-bond acceptors (Lipinski definition) is 5. The van der Waals surface area contributed by atoms with Crippen LogP contribution in [-0.4, -0.2) is 22.9 Å². The molecule has 0 saturated carbocycles. The highest BCUT2D eigenvalue weighted by Crippen LogP contribution is 2.30. The predicted octanol–water partition coefficient (Wildman–Crippen LogP) is 4.24. The van der Waals surface area contributed by atoms with Gasteiger partial charge in [-0.05, 0) is 44.0 Å². The lowest BCUT2D eigenvalue weighted by atomic mass is 10.1. The largest absolute Gasteiger partial charge is 0.481 e. The van der Waals surface area contributed by atoms with Gasteiger partial charge in [-0.1, -0.05) is 41.9 Å². The van der Waals surface area contributed by atoms with E-state index in [2.05, 4.69) is 15.8 Å². The van der Waals surface area contributed by atoms with Crippen LogP contribution >= 0.6 is 22.9 Å². The van der Waals surface area contributed by atoms with Gasteiger partial charge in [0.2, 0.25) is 5.91 Å². The van der Waals surface area contributed by atoms with Crippen molar-refractivity contribution in [1.82, 2.24) is 15.8 Å². The van der Waals surface area contributed by atoms with Crippen LogP contribution in [-0.2, 0) is 16.0 Å². The number of aromatic nitrogens is 1. The molecule has 1 unspecified atom stereocenters. The number of benzene rings is 2. The maximum atomic E-state index is 12.2. The van der Waals surface area contributed by atoms with Crippen molar-refractivity contribution in [2.24, 2.45) is 0 Å². The van der Waals surface area contributed by atoms with E-state index < -0.39 is 12.0 Å². The quantitative estimate of drug-likeness (QED) is 0.558. The van der Waals surface area contributed by atoms with Gasteiger partial charge in [-0.15, -0.1) is 11.3 Å². The van der Waals surface area contributed by atoms with Crippen LogP contribution in [0.4, 0.5) is 0 Å². The molecule has 0 aliphatic carbocycles. The molecule has 0 radical (unpaired) electrons. The topological polar surface area (TPSA) is 80.3 Å². The van der Waals surface area contributed by atoms with Gasteiger partial charge in [-0.2, -0.15) is 0 Å². The van der Waals surface area contributed by atoms with Gasteiger partial charge >= 0.3 is 0 Å². The molecule has 1 aromatic heterocycles. The molecule has 156 valence electrons. The van der Waals surface area contributed by atoms with E-state index in [-0.39, 0.29) is 12.3 Å². The fourth-order valence-corrected chi connectivity index (χ4v) is 3.82. The number of hydrogen-bond donors (Lipinski definition) is 2. The number of hydrazine groups is 1. The van der Waals surface area contributed by atoms with Crippen LogP contribution in [0.2, 0.25) is 5.02 Å². The molecule has 0 aliphatic rings. The lowest BCUT2D eigenvalue weighted by Crippen LogP contribution is -2.47. The van der Waals surface area contributed by atoms with E-state index in [0.717, 1.165) is 21.7 Å². The molecule has 30 heavy (non-hydrogen) atoms. The summed E-state index contributed by atoms with van der Waals surface area (Å²) in [5.74, 6) is -0.184. The summed E-state index contributed by atoms with van der Waals surface area (Å²) in [6, 6.07) is 13.1. The Hall–Kier alpha value is -2.90. The van der Waals surface area contributed by atoms with E-state index in [4.69, 9.17) is 16.3 Å². The van der Waals surface area contributed by atoms with Crippen molar-refractivity contribution in [3.05, 3.63) is 69.7 Å². The molecule has 3 aromatic rings. The molecule has 0 aliphatic heterocycles. The number of halogens is 1. The van der Waals surface area contributed by atoms with Gasteiger partial charge < -0.3 is 4.74 Å². The number of rotatable bonds is 6. The van der Waals surface area contributed by atoms with Crippen LogP contribution in [0.5, 0.6) is 5.75 Å². The van der Waals surface area contributed by atoms with Crippen molar-refractivity contribution in [1.29, 1.82) is 0 Å². The molecule has 3 rings (SSSR count). The molecule has 2 aromatic carbocycles. The van der Waals surface area contributed by atoms with Crippen molar-refractivity contribution in [3.8, 4) is 16.3 Å². The van der Waals surface area contributed by atoms with E-state index in [0.29, 0.717) is 16.5 Å². The van der Waals surface area contributed by atoms with Crippen molar-refractivity contribution in [2.75, 3.05) is 0 Å². The lowest BCUT2D eigenvalue weighted by molar-refractivity contribution is -0.132. The molecular formula is C22H22ClN3O3S. The SMILES string of the molecule is Cc1cccc(OC(C)C(=O)NNC(=O)Cc2csc(-c3ccccc3Cl)n2)c1C. The average Bonchev–Trinajstić information content (AvgIpc) is 3.18. The zero-order valence-corrected chi connectivity index (χ0v) is 18.4. The standard InChI is InChI=1S/C22H22ClN3O3S/c1-13-7-6-10-19(14(13)2)29-15(3)21(28)26-25-20(27)11-16-12-30-22(24-16)17-8-4-5-9-18(17)23/h4-10,12,15H,11H2,1-3H3,(H,25,27)(H,26,28). The zero-order valence-electron chi connectivity index (χ0n) is 16.9. The summed E-state index contributed by atoms with van der Waals surface area (Å²) >= 11 is 7.60. The Morgan fingerprint density at radius 3 is 2.67 bits per heavy atom. The van der Waals surface area contributed by atoms with Crippen molar-refractivity contribution in [2.45, 2.75) is 33.3 Å². The smallest absolute Gasteiger partial charge is 0.279 e. The summed E-state index contributed by atoms with van der Waals surface area (Å²) in [5.41, 5.74) is 8.27. The average molecular weight is 444 g/mol. The maximum Gasteiger partial charge on any atom is 0.279 e. The van der Waals surface area contributed by atoms with E-state index in [1.807, 2.05) is 50.2 Å². The predicted molar refractivity (Wildman–Crippen MR) is 119 cm³/mol. The number of aryl methyl sites for hydroxylation is 1. The highest BCUT2D eigenvalue weighted by Gasteiger charge is 2.17. The molecule has 0 saturated heterocycles. The number of carbonyl (C=O) groups excluding carboxylic acids is 2. The second-order valence-electron chi connectivity index (χ2n) is 6.80. The fraction of sp³-hybridized carbons (Fsp3) is 0.227. The van der Waals surface area contributed by atoms with Gasteiger partial charge in [0.25, 0.3) is 5.91 Å². The first-order valence-corrected chi connectivity index (χ1v) is 10.6. The van der Waals surface area contributed by atoms with Gasteiger partial charge in [0, 0.05) is 10.9 Å². The Balaban J connectivity index is 1.51. The van der Waals surface area contributed by atoms with Gasteiger partial charge in [-0.3, -0.25) is 20.4 Å². The van der Waals surface area contributed by atoms with E-state index in [9.17, 15) is 9.59 Å². The highest BCUT2D eigenvalue weighted by molar-refractivity contribution is 7.13. The van der Waals surface area contributed by atoms with Crippen LogP contribution in [0.15, 0.2) is 47.8 Å². The Kier molecular flexibility index (Phi) is 7.07. The summed E-state index contributed by atoms with van der Waals surface area (Å²) in [5, 5.41) is 3.14. The van der Waals surface area contributed by atoms with E-state index in [1.54, 1.807) is 18.4 Å². The lowest BCUT2D eigenvalue weighted by Gasteiger charge is -2.17. The van der Waals surface area contributed by atoms with Crippen molar-refractivity contribution < 1.29 is 14.3 Å². The highest BCUT2D eigenvalue weighted by atomic mass is 35.5. The third kappa shape index (κ3) is 5.37. The second-order valence-corrected chi connectivity index (χ2v) is 8.06. The van der Waals surface area contributed by atoms with Gasteiger partial charge in [0.05, 0.1) is 17.1 Å². The number of ether oxygens (including phenoxy) is 1. The summed E-state index contributed by atoms with van der Waals surface area (Å²) in [4.78, 5) is 28.9. The number of carbonyl (C=O) groups is 2. The molecular weight excluding hydrogens is 422 g/mol. The van der Waals surface area contributed by atoms with E-state index in [1.165, 1.54) is 11.3 Å². The number of nitrogens with zero attached hydrogens (tertiary/aromatic N) is 1. The third-order valence-corrected chi connectivity index (χ3v) is 5.80. The number of thiazole rings is 1. The Labute approximate surface area is 184 Å². The van der Waals surface area contributed by atoms with Crippen LogP contribution in [0.1, 0.15) is 23.7 Å². The minimum absolute atomic E-state index is 0.0352. The van der Waals surface area contributed by atoms with Crippen molar-refractivity contribution >= 4 is 34.8 Å². The molecule has 1 heterocycles. The van der Waals surface area contributed by atoms with Crippen LogP contribution in [0, 0.1) is 13.8 Å². The van der Waals surface area contributed by atoms with E-state index >= 15 is 0 Å². The molecule has 1 atom stereocenters. The second kappa shape index (κ2) is 9.73. The van der Waals surface area contributed by atoms with Gasteiger partial charge in [0.1, 0.15) is 10.8 Å². The minimum atomic E-state index is -0.767. The molecule has 0 bridgehead atoms. The molecule has 2 N–H and O–H groups in total. The first-order valence-electron chi connectivity index (χ1n) is 9.36. The first-order chi connectivity index (χ1) is 14.3. The monoisotopic (exact) mass is 443 g/mol. The molecule has 0 fully saturated rings. The van der Waals surface area contributed by atoms with Crippen LogP contribution < -0.4 is 15.6 Å². The van der Waals surface area contributed by atoms with Crippen molar-refractivity contribution in [3.63, 3.8) is 0 Å². The Morgan fingerprint density at radius 1 is 1.13 bits per heavy atom. The van der Waals surface area contributed by atoms with Gasteiger partial charge in [-0.25, -0.2) is 4.98 Å². The summed E-state index contributed by atoms with van der Waals surface area (Å²) in [6.07, 6.45) is -0.732. The number of amides is 2. The zero-order chi connectivity index (χ0) is 21.7. The summed E-state index contributed by atoms with van der Waals surface area (Å²) < 4.78 is 5.72. The summed E-state index contributed by atoms with van der Waals surface area (Å²) in [7, 11) is 0. The molecule has 2 amide bonds. The molecule has 0 spiro atoms. The van der Waals surface area contributed by atoms with Crippen LogP contribution in [0.3, 0.4) is 0 Å². The Morgan fingerprint density at radius 2 is 1.90 bits per heavy atom. The maximum absolute atomic E-state index is 12.2. The number of nitrogens with one attached hydrogen (secondary N) is 2. The molecule has 6 nitrogen and oxygen atoms in total. The first kappa shape index (κ1) is 21.8. The normalized spacial score (nSPS) is 11.6. The minimum Gasteiger partial charge on any atom is -0.481 e. The van der Waals surface area contributed by atoms with Crippen LogP contribution in [0.25, 0.3) is 10.6 Å². The molecule has 8 heteroatoms. The fourth-order valence-electron chi connectivity index (χ4n) is 2.68. The summed E-state index contributed by atoms with van der Waals surface area (Å²) in [6.45, 7) is 5.53. The third-order valence-electron chi connectivity index (χ3n) is 4.55.